The Labute approximate surface area is 126 Å². The summed E-state index contributed by atoms with van der Waals surface area (Å²) in [5.41, 5.74) is 4.79. The van der Waals surface area contributed by atoms with E-state index in [1.807, 2.05) is 0 Å². The fraction of sp³-hybridized carbons (Fsp3) is 0.316. The Morgan fingerprint density at radius 2 is 1.71 bits per heavy atom. The van der Waals surface area contributed by atoms with Crippen molar-refractivity contribution in [1.29, 1.82) is 0 Å². The van der Waals surface area contributed by atoms with Crippen molar-refractivity contribution in [2.75, 3.05) is 0 Å². The zero-order valence-corrected chi connectivity index (χ0v) is 12.8. The normalized spacial score (nSPS) is 11.1. The van der Waals surface area contributed by atoms with Crippen LogP contribution in [0, 0.1) is 6.92 Å². The van der Waals surface area contributed by atoms with Crippen molar-refractivity contribution in [3.8, 4) is 5.69 Å². The number of aryl methyl sites for hydroxylation is 2. The van der Waals surface area contributed by atoms with E-state index in [0.29, 0.717) is 0 Å². The fourth-order valence-corrected chi connectivity index (χ4v) is 2.76. The van der Waals surface area contributed by atoms with Crippen LogP contribution in [-0.4, -0.2) is 9.55 Å². The number of unbranched alkanes of at least 4 members (excludes halogenated alkanes) is 2. The van der Waals surface area contributed by atoms with Gasteiger partial charge in [0.2, 0.25) is 0 Å². The summed E-state index contributed by atoms with van der Waals surface area (Å²) in [4.78, 5) is 4.85. The lowest BCUT2D eigenvalue weighted by atomic mass is 10.2. The highest BCUT2D eigenvalue weighted by molar-refractivity contribution is 5.78. The minimum Gasteiger partial charge on any atom is -0.296 e. The summed E-state index contributed by atoms with van der Waals surface area (Å²) in [7, 11) is 0. The van der Waals surface area contributed by atoms with Crippen molar-refractivity contribution < 1.29 is 0 Å². The van der Waals surface area contributed by atoms with E-state index in [9.17, 15) is 0 Å². The quantitative estimate of drug-likeness (QED) is 0.596. The maximum absolute atomic E-state index is 4.85. The van der Waals surface area contributed by atoms with Crippen molar-refractivity contribution in [2.45, 2.75) is 39.5 Å². The van der Waals surface area contributed by atoms with Gasteiger partial charge in [-0.1, -0.05) is 49.6 Å². The standard InChI is InChI=1S/C19H22N2/c1-3-4-5-10-19-20-17-8-6-7-9-18(17)21(19)16-13-11-15(2)12-14-16/h6-9,11-14H,3-5,10H2,1-2H3. The molecule has 0 fully saturated rings. The number of aromatic nitrogens is 2. The van der Waals surface area contributed by atoms with Gasteiger partial charge in [-0.25, -0.2) is 4.98 Å². The van der Waals surface area contributed by atoms with E-state index in [1.54, 1.807) is 0 Å². The molecular formula is C19H22N2. The summed E-state index contributed by atoms with van der Waals surface area (Å²) in [5, 5.41) is 0. The molecule has 3 aromatic rings. The molecule has 0 saturated carbocycles. The van der Waals surface area contributed by atoms with Gasteiger partial charge in [0.05, 0.1) is 11.0 Å². The molecule has 0 saturated heterocycles. The van der Waals surface area contributed by atoms with Crippen LogP contribution in [0.3, 0.4) is 0 Å². The van der Waals surface area contributed by atoms with Crippen molar-refractivity contribution in [3.63, 3.8) is 0 Å². The second kappa shape index (κ2) is 6.13. The van der Waals surface area contributed by atoms with Gasteiger partial charge in [-0.15, -0.1) is 0 Å². The molecule has 108 valence electrons. The molecule has 0 aliphatic rings. The van der Waals surface area contributed by atoms with Crippen molar-refractivity contribution in [2.24, 2.45) is 0 Å². The molecule has 0 radical (unpaired) electrons. The van der Waals surface area contributed by atoms with Crippen LogP contribution in [-0.2, 0) is 6.42 Å². The van der Waals surface area contributed by atoms with Gasteiger partial charge in [-0.3, -0.25) is 4.57 Å². The molecular weight excluding hydrogens is 256 g/mol. The number of hydrogen-bond acceptors (Lipinski definition) is 1. The van der Waals surface area contributed by atoms with Gasteiger partial charge in [0.1, 0.15) is 5.82 Å². The van der Waals surface area contributed by atoms with E-state index >= 15 is 0 Å². The zero-order chi connectivity index (χ0) is 14.7. The lowest BCUT2D eigenvalue weighted by Gasteiger charge is -2.09. The van der Waals surface area contributed by atoms with E-state index < -0.39 is 0 Å². The predicted molar refractivity (Wildman–Crippen MR) is 89.0 cm³/mol. The molecule has 2 aromatic carbocycles. The number of imidazole rings is 1. The summed E-state index contributed by atoms with van der Waals surface area (Å²) in [6, 6.07) is 17.1. The minimum absolute atomic E-state index is 1.04. The second-order valence-electron chi connectivity index (χ2n) is 5.64. The molecule has 2 nitrogen and oxygen atoms in total. The van der Waals surface area contributed by atoms with Crippen molar-refractivity contribution >= 4 is 11.0 Å². The van der Waals surface area contributed by atoms with Crippen LogP contribution in [0.1, 0.15) is 37.6 Å². The summed E-state index contributed by atoms with van der Waals surface area (Å²) in [6.45, 7) is 4.36. The fourth-order valence-electron chi connectivity index (χ4n) is 2.76. The molecule has 2 heteroatoms. The third-order valence-electron chi connectivity index (χ3n) is 3.93. The molecule has 0 amide bonds. The Kier molecular flexibility index (Phi) is 4.05. The number of hydrogen-bond donors (Lipinski definition) is 0. The van der Waals surface area contributed by atoms with Gasteiger partial charge in [0, 0.05) is 12.1 Å². The number of para-hydroxylation sites is 2. The highest BCUT2D eigenvalue weighted by atomic mass is 15.1. The van der Waals surface area contributed by atoms with E-state index in [0.717, 1.165) is 11.9 Å². The Balaban J connectivity index is 2.08. The third-order valence-corrected chi connectivity index (χ3v) is 3.93. The molecule has 0 aliphatic heterocycles. The van der Waals surface area contributed by atoms with Gasteiger partial charge in [0.25, 0.3) is 0 Å². The van der Waals surface area contributed by atoms with Gasteiger partial charge < -0.3 is 0 Å². The second-order valence-corrected chi connectivity index (χ2v) is 5.64. The SMILES string of the molecule is CCCCCc1nc2ccccc2n1-c1ccc(C)cc1. The Hall–Kier alpha value is -2.09. The van der Waals surface area contributed by atoms with Gasteiger partial charge in [-0.2, -0.15) is 0 Å². The molecule has 0 unspecified atom stereocenters. The van der Waals surface area contributed by atoms with Crippen LogP contribution in [0.5, 0.6) is 0 Å². The lowest BCUT2D eigenvalue weighted by Crippen LogP contribution is -2.01. The summed E-state index contributed by atoms with van der Waals surface area (Å²) in [5.74, 6) is 1.17. The molecule has 0 aliphatic carbocycles. The van der Waals surface area contributed by atoms with Crippen LogP contribution in [0.4, 0.5) is 0 Å². The Bertz CT molecular complexity index is 723. The van der Waals surface area contributed by atoms with Gasteiger partial charge >= 0.3 is 0 Å². The topological polar surface area (TPSA) is 17.8 Å². The predicted octanol–water partition coefficient (Wildman–Crippen LogP) is 5.07. The van der Waals surface area contributed by atoms with E-state index in [1.165, 1.54) is 41.9 Å². The first-order valence-corrected chi connectivity index (χ1v) is 7.83. The molecule has 0 spiro atoms. The number of benzene rings is 2. The minimum atomic E-state index is 1.04. The first-order valence-electron chi connectivity index (χ1n) is 7.83. The summed E-state index contributed by atoms with van der Waals surface area (Å²) < 4.78 is 2.31. The van der Waals surface area contributed by atoms with Gasteiger partial charge in [-0.05, 0) is 37.6 Å². The summed E-state index contributed by atoms with van der Waals surface area (Å²) in [6.07, 6.45) is 4.74. The molecule has 1 heterocycles. The smallest absolute Gasteiger partial charge is 0.114 e. The molecule has 0 bridgehead atoms. The van der Waals surface area contributed by atoms with E-state index in [2.05, 4.69) is 66.9 Å². The number of nitrogens with zero attached hydrogens (tertiary/aromatic N) is 2. The zero-order valence-electron chi connectivity index (χ0n) is 12.8. The largest absolute Gasteiger partial charge is 0.296 e. The molecule has 21 heavy (non-hydrogen) atoms. The maximum atomic E-state index is 4.85. The maximum Gasteiger partial charge on any atom is 0.114 e. The van der Waals surface area contributed by atoms with Crippen LogP contribution < -0.4 is 0 Å². The van der Waals surface area contributed by atoms with Crippen LogP contribution >= 0.6 is 0 Å². The third kappa shape index (κ3) is 2.85. The number of rotatable bonds is 5. The average Bonchev–Trinajstić information content (AvgIpc) is 2.87. The Morgan fingerprint density at radius 3 is 2.48 bits per heavy atom. The van der Waals surface area contributed by atoms with Crippen molar-refractivity contribution in [3.05, 3.63) is 59.9 Å². The van der Waals surface area contributed by atoms with E-state index in [4.69, 9.17) is 4.98 Å². The highest BCUT2D eigenvalue weighted by Gasteiger charge is 2.11. The van der Waals surface area contributed by atoms with E-state index in [-0.39, 0.29) is 0 Å². The van der Waals surface area contributed by atoms with Crippen LogP contribution in [0.25, 0.3) is 16.7 Å². The van der Waals surface area contributed by atoms with Gasteiger partial charge in [0.15, 0.2) is 0 Å². The average molecular weight is 278 g/mol. The van der Waals surface area contributed by atoms with Crippen LogP contribution in [0.2, 0.25) is 0 Å². The highest BCUT2D eigenvalue weighted by Crippen LogP contribution is 2.23. The lowest BCUT2D eigenvalue weighted by molar-refractivity contribution is 0.689. The molecule has 3 rings (SSSR count). The number of fused-ring (bicyclic) bond motifs is 1. The van der Waals surface area contributed by atoms with Crippen LogP contribution in [0.15, 0.2) is 48.5 Å². The summed E-state index contributed by atoms with van der Waals surface area (Å²) >= 11 is 0. The first-order chi connectivity index (χ1) is 10.3. The molecule has 0 N–H and O–H groups in total. The Morgan fingerprint density at radius 1 is 0.952 bits per heavy atom. The van der Waals surface area contributed by atoms with Crippen molar-refractivity contribution in [1.82, 2.24) is 9.55 Å². The molecule has 1 aromatic heterocycles. The molecule has 0 atom stereocenters. The monoisotopic (exact) mass is 278 g/mol. The first kappa shape index (κ1) is 13.9.